The van der Waals surface area contributed by atoms with Gasteiger partial charge in [-0.3, -0.25) is 0 Å². The molecule has 29 heavy (non-hydrogen) atoms. The zero-order valence-electron chi connectivity index (χ0n) is 15.2. The van der Waals surface area contributed by atoms with Crippen molar-refractivity contribution in [1.82, 2.24) is 5.32 Å². The second-order valence-corrected chi connectivity index (χ2v) is 7.94. The summed E-state index contributed by atoms with van der Waals surface area (Å²) in [7, 11) is 0. The minimum Gasteiger partial charge on any atom is -0.455 e. The largest absolute Gasteiger partial charge is 0.455 e. The second kappa shape index (κ2) is 7.46. The number of nitrogens with one attached hydrogen (secondary N) is 1. The lowest BCUT2D eigenvalue weighted by atomic mass is 9.91. The molecule has 2 aliphatic heterocycles. The number of anilines is 1. The van der Waals surface area contributed by atoms with Gasteiger partial charge in [0.15, 0.2) is 10.7 Å². The number of ether oxygens (including phenoxy) is 1. The Kier molecular flexibility index (Phi) is 5.12. The molecule has 4 rings (SSSR count). The summed E-state index contributed by atoms with van der Waals surface area (Å²) in [5.41, 5.74) is 8.24. The fourth-order valence-electron chi connectivity index (χ4n) is 3.90. The zero-order chi connectivity index (χ0) is 20.8. The number of para-hydroxylation sites is 1. The number of hydrogen-bond donors (Lipinski definition) is 2. The number of thiocarbonyl (C=S) groups is 2. The summed E-state index contributed by atoms with van der Waals surface area (Å²) in [6.07, 6.45) is -3.54. The Hall–Kier alpha value is -2.39. The van der Waals surface area contributed by atoms with Crippen molar-refractivity contribution < 1.29 is 17.9 Å². The van der Waals surface area contributed by atoms with Crippen molar-refractivity contribution in [2.75, 3.05) is 11.4 Å². The Labute approximate surface area is 176 Å². The third kappa shape index (κ3) is 3.89. The van der Waals surface area contributed by atoms with Gasteiger partial charge >= 0.3 is 6.18 Å². The summed E-state index contributed by atoms with van der Waals surface area (Å²) < 4.78 is 44.8. The van der Waals surface area contributed by atoms with Crippen molar-refractivity contribution in [3.63, 3.8) is 0 Å². The monoisotopic (exact) mass is 437 g/mol. The molecule has 2 aromatic carbocycles. The molecule has 0 aromatic heterocycles. The predicted molar refractivity (Wildman–Crippen MR) is 114 cm³/mol. The van der Waals surface area contributed by atoms with Crippen molar-refractivity contribution in [3.8, 4) is 11.5 Å². The number of hydrogen-bond acceptors (Lipinski definition) is 4. The van der Waals surface area contributed by atoms with Gasteiger partial charge in [0, 0.05) is 23.7 Å². The molecule has 0 saturated carbocycles. The number of halogens is 3. The molecule has 9 heteroatoms. The standard InChI is InChI=1S/C20H18F3N3OS2/c21-20(22,23)19(29)25-12-7-8-26-14-6-5-11(18(24)28)9-17(14)27-16-4-2-1-3-13(16)15(26)10-12/h1-6,9,12,15H,7-8,10H2,(H2,24,28)(H,25,29). The SMILES string of the molecule is NC(=S)c1ccc2c(c1)Oc1ccccc1C1CC(NC(=S)C(F)(F)F)CCN21. The van der Waals surface area contributed by atoms with E-state index in [9.17, 15) is 13.2 Å². The highest BCUT2D eigenvalue weighted by Crippen LogP contribution is 2.47. The van der Waals surface area contributed by atoms with Crippen molar-refractivity contribution >= 4 is 40.1 Å². The van der Waals surface area contributed by atoms with Gasteiger partial charge in [-0.1, -0.05) is 42.6 Å². The number of benzene rings is 2. The maximum absolute atomic E-state index is 12.9. The predicted octanol–water partition coefficient (Wildman–Crippen LogP) is 4.62. The molecule has 2 unspecified atom stereocenters. The molecule has 0 spiro atoms. The minimum absolute atomic E-state index is 0.148. The van der Waals surface area contributed by atoms with E-state index in [-0.39, 0.29) is 17.1 Å². The van der Waals surface area contributed by atoms with Crippen LogP contribution in [0.25, 0.3) is 0 Å². The molecule has 3 N–H and O–H groups in total. The summed E-state index contributed by atoms with van der Waals surface area (Å²) in [6, 6.07) is 12.6. The van der Waals surface area contributed by atoms with Crippen molar-refractivity contribution in [1.29, 1.82) is 0 Å². The van der Waals surface area contributed by atoms with Gasteiger partial charge in [-0.15, -0.1) is 0 Å². The molecular formula is C20H18F3N3OS2. The average Bonchev–Trinajstić information content (AvgIpc) is 2.81. The van der Waals surface area contributed by atoms with E-state index >= 15 is 0 Å². The average molecular weight is 438 g/mol. The van der Waals surface area contributed by atoms with Crippen LogP contribution in [0.1, 0.15) is 30.0 Å². The Balaban J connectivity index is 1.70. The summed E-state index contributed by atoms with van der Waals surface area (Å²) in [5.74, 6) is 1.29. The van der Waals surface area contributed by atoms with Crippen LogP contribution in [-0.4, -0.2) is 28.7 Å². The smallest absolute Gasteiger partial charge is 0.441 e. The number of nitrogens with zero attached hydrogens (tertiary/aromatic N) is 1. The number of piperidine rings is 1. The number of nitrogens with two attached hydrogens (primary N) is 1. The molecule has 0 aliphatic carbocycles. The summed E-state index contributed by atoms with van der Waals surface area (Å²) in [4.78, 5) is 1.36. The van der Waals surface area contributed by atoms with Crippen molar-refractivity contribution in [2.24, 2.45) is 5.73 Å². The van der Waals surface area contributed by atoms with E-state index in [1.807, 2.05) is 36.4 Å². The highest BCUT2D eigenvalue weighted by atomic mass is 32.1. The molecule has 4 nitrogen and oxygen atoms in total. The molecule has 2 heterocycles. The Morgan fingerprint density at radius 3 is 2.62 bits per heavy atom. The topological polar surface area (TPSA) is 50.5 Å². The third-order valence-corrected chi connectivity index (χ3v) is 5.83. The van der Waals surface area contributed by atoms with Gasteiger partial charge in [-0.05, 0) is 37.1 Å². The van der Waals surface area contributed by atoms with Gasteiger partial charge in [0.25, 0.3) is 0 Å². The molecular weight excluding hydrogens is 419 g/mol. The quantitative estimate of drug-likeness (QED) is 0.669. The van der Waals surface area contributed by atoms with Crippen LogP contribution in [0.2, 0.25) is 0 Å². The molecule has 0 amide bonds. The maximum Gasteiger partial charge on any atom is 0.441 e. The summed E-state index contributed by atoms with van der Waals surface area (Å²) >= 11 is 9.60. The molecule has 1 saturated heterocycles. The molecule has 152 valence electrons. The lowest BCUT2D eigenvalue weighted by molar-refractivity contribution is -0.0598. The van der Waals surface area contributed by atoms with Gasteiger partial charge in [0.05, 0.1) is 11.7 Å². The van der Waals surface area contributed by atoms with Crippen LogP contribution in [0.5, 0.6) is 11.5 Å². The first kappa shape index (κ1) is 19.9. The normalized spacial score (nSPS) is 20.4. The van der Waals surface area contributed by atoms with E-state index in [2.05, 4.69) is 22.4 Å². The Bertz CT molecular complexity index is 980. The van der Waals surface area contributed by atoms with E-state index in [1.54, 1.807) is 6.07 Å². The maximum atomic E-state index is 12.9. The molecule has 1 fully saturated rings. The first-order valence-electron chi connectivity index (χ1n) is 9.09. The second-order valence-electron chi connectivity index (χ2n) is 7.09. The lowest BCUT2D eigenvalue weighted by Crippen LogP contribution is -2.48. The number of alkyl halides is 3. The van der Waals surface area contributed by atoms with Crippen LogP contribution in [-0.2, 0) is 0 Å². The Morgan fingerprint density at radius 2 is 1.90 bits per heavy atom. The van der Waals surface area contributed by atoms with Gasteiger partial charge in [0.2, 0.25) is 0 Å². The highest BCUT2D eigenvalue weighted by molar-refractivity contribution is 7.80. The number of fused-ring (bicyclic) bond motifs is 5. The van der Waals surface area contributed by atoms with E-state index in [1.165, 1.54) is 0 Å². The van der Waals surface area contributed by atoms with Gasteiger partial charge < -0.3 is 20.7 Å². The minimum atomic E-state index is -4.53. The van der Waals surface area contributed by atoms with Gasteiger partial charge in [0.1, 0.15) is 10.7 Å². The van der Waals surface area contributed by atoms with Crippen LogP contribution in [0.4, 0.5) is 18.9 Å². The molecule has 2 aliphatic rings. The van der Waals surface area contributed by atoms with Crippen LogP contribution < -0.4 is 20.7 Å². The van der Waals surface area contributed by atoms with Gasteiger partial charge in [-0.2, -0.15) is 13.2 Å². The van der Waals surface area contributed by atoms with E-state index in [0.717, 1.165) is 11.3 Å². The third-order valence-electron chi connectivity index (χ3n) is 5.25. The molecule has 0 radical (unpaired) electrons. The summed E-state index contributed by atoms with van der Waals surface area (Å²) in [5, 5.41) is 2.50. The van der Waals surface area contributed by atoms with Gasteiger partial charge in [-0.25, -0.2) is 0 Å². The van der Waals surface area contributed by atoms with Crippen LogP contribution in [0.15, 0.2) is 42.5 Å². The Morgan fingerprint density at radius 1 is 1.14 bits per heavy atom. The van der Waals surface area contributed by atoms with Crippen LogP contribution in [0.3, 0.4) is 0 Å². The number of rotatable bonds is 2. The summed E-state index contributed by atoms with van der Waals surface area (Å²) in [6.45, 7) is 0.555. The highest BCUT2D eigenvalue weighted by Gasteiger charge is 2.39. The fraction of sp³-hybridized carbons (Fsp3) is 0.300. The van der Waals surface area contributed by atoms with Crippen LogP contribution in [0, 0.1) is 0 Å². The molecule has 2 aromatic rings. The van der Waals surface area contributed by atoms with E-state index in [4.69, 9.17) is 22.7 Å². The first-order chi connectivity index (χ1) is 13.7. The van der Waals surface area contributed by atoms with E-state index in [0.29, 0.717) is 36.4 Å². The van der Waals surface area contributed by atoms with Crippen molar-refractivity contribution in [2.45, 2.75) is 31.1 Å². The molecule has 2 atom stereocenters. The first-order valence-corrected chi connectivity index (χ1v) is 9.90. The van der Waals surface area contributed by atoms with E-state index < -0.39 is 11.2 Å². The molecule has 0 bridgehead atoms. The van der Waals surface area contributed by atoms with Crippen molar-refractivity contribution in [3.05, 3.63) is 53.6 Å². The lowest BCUT2D eigenvalue weighted by Gasteiger charge is -2.41. The van der Waals surface area contributed by atoms with Crippen LogP contribution >= 0.6 is 24.4 Å². The zero-order valence-corrected chi connectivity index (χ0v) is 16.8. The fourth-order valence-corrected chi connectivity index (χ4v) is 4.19.